The minimum absolute atomic E-state index is 0.0780. The predicted octanol–water partition coefficient (Wildman–Crippen LogP) is 6.98. The van der Waals surface area contributed by atoms with Gasteiger partial charge in [0.25, 0.3) is 5.91 Å². The van der Waals surface area contributed by atoms with E-state index in [1.165, 1.54) is 23.8 Å². The standard InChI is InChI=1S/C28H30N2O3/c1-19(2)20-12-14-21(15-13-20)26(30-16-6-3-7-17-30)27-25(22-9-4-5-10-23(22)33-27)29-28(31)24-11-8-18-32-24/h4-5,8-15,18-19,26H,3,6-7,16-17H2,1-2H3,(H,29,31)/t26-/m0/s1. The number of carbonyl (C=O) groups excluding carboxylic acids is 1. The maximum absolute atomic E-state index is 13.0. The SMILES string of the molecule is CC(C)c1ccc([C@@H](c2oc3ccccc3c2NC(=O)c2ccco2)N2CCCCC2)cc1. The molecular formula is C28H30N2O3. The number of nitrogens with one attached hydrogen (secondary N) is 1. The molecular weight excluding hydrogens is 412 g/mol. The van der Waals surface area contributed by atoms with Crippen LogP contribution in [0.5, 0.6) is 0 Å². The molecule has 0 bridgehead atoms. The molecule has 0 unspecified atom stereocenters. The second-order valence-electron chi connectivity index (χ2n) is 9.09. The van der Waals surface area contributed by atoms with Crippen molar-refractivity contribution in [3.8, 4) is 0 Å². The fraction of sp³-hybridized carbons (Fsp3) is 0.321. The lowest BCUT2D eigenvalue weighted by Gasteiger charge is -2.34. The Balaban J connectivity index is 1.62. The Labute approximate surface area is 194 Å². The molecule has 0 aliphatic carbocycles. The summed E-state index contributed by atoms with van der Waals surface area (Å²) >= 11 is 0. The van der Waals surface area contributed by atoms with E-state index in [1.54, 1.807) is 12.1 Å². The van der Waals surface area contributed by atoms with E-state index >= 15 is 0 Å². The monoisotopic (exact) mass is 442 g/mol. The van der Waals surface area contributed by atoms with Crippen molar-refractivity contribution in [1.29, 1.82) is 0 Å². The zero-order valence-electron chi connectivity index (χ0n) is 19.2. The average molecular weight is 443 g/mol. The highest BCUT2D eigenvalue weighted by atomic mass is 16.3. The van der Waals surface area contributed by atoms with Crippen molar-refractivity contribution < 1.29 is 13.6 Å². The molecule has 1 N–H and O–H groups in total. The maximum Gasteiger partial charge on any atom is 0.291 e. The van der Waals surface area contributed by atoms with Crippen LogP contribution in [0, 0.1) is 0 Å². The molecule has 1 fully saturated rings. The largest absolute Gasteiger partial charge is 0.459 e. The molecule has 1 atom stereocenters. The molecule has 3 heterocycles. The summed E-state index contributed by atoms with van der Waals surface area (Å²) in [4.78, 5) is 15.4. The highest BCUT2D eigenvalue weighted by Gasteiger charge is 2.31. The summed E-state index contributed by atoms with van der Waals surface area (Å²) in [5.74, 6) is 1.25. The molecule has 2 aromatic carbocycles. The Hall–Kier alpha value is -3.31. The lowest BCUT2D eigenvalue weighted by molar-refractivity contribution is 0.0996. The number of nitrogens with zero attached hydrogens (tertiary/aromatic N) is 1. The van der Waals surface area contributed by atoms with Crippen LogP contribution >= 0.6 is 0 Å². The average Bonchev–Trinajstić information content (AvgIpc) is 3.50. The normalized spacial score (nSPS) is 15.7. The second-order valence-corrected chi connectivity index (χ2v) is 9.09. The van der Waals surface area contributed by atoms with Crippen molar-refractivity contribution in [2.45, 2.75) is 45.1 Å². The smallest absolute Gasteiger partial charge is 0.291 e. The first-order valence-electron chi connectivity index (χ1n) is 11.8. The summed E-state index contributed by atoms with van der Waals surface area (Å²) in [5.41, 5.74) is 3.97. The third-order valence-electron chi connectivity index (χ3n) is 6.53. The number of piperidine rings is 1. The van der Waals surface area contributed by atoms with Crippen molar-refractivity contribution >= 4 is 22.6 Å². The zero-order valence-corrected chi connectivity index (χ0v) is 19.2. The lowest BCUT2D eigenvalue weighted by atomic mass is 9.95. The van der Waals surface area contributed by atoms with E-state index in [2.05, 4.69) is 48.3 Å². The molecule has 0 radical (unpaired) electrons. The number of fused-ring (bicyclic) bond motifs is 1. The van der Waals surface area contributed by atoms with Crippen molar-refractivity contribution in [1.82, 2.24) is 4.90 Å². The topological polar surface area (TPSA) is 58.6 Å². The van der Waals surface area contributed by atoms with Crippen molar-refractivity contribution in [2.24, 2.45) is 0 Å². The Kier molecular flexibility index (Phi) is 6.05. The fourth-order valence-electron chi connectivity index (χ4n) is 4.74. The number of benzene rings is 2. The van der Waals surface area contributed by atoms with Crippen LogP contribution in [-0.4, -0.2) is 23.9 Å². The first kappa shape index (κ1) is 21.5. The number of anilines is 1. The van der Waals surface area contributed by atoms with E-state index in [9.17, 15) is 4.79 Å². The minimum Gasteiger partial charge on any atom is -0.459 e. The highest BCUT2D eigenvalue weighted by molar-refractivity contribution is 6.08. The quantitative estimate of drug-likeness (QED) is 0.350. The molecule has 170 valence electrons. The minimum atomic E-state index is -0.277. The third-order valence-corrected chi connectivity index (χ3v) is 6.53. The van der Waals surface area contributed by atoms with E-state index in [4.69, 9.17) is 8.83 Å². The summed E-state index contributed by atoms with van der Waals surface area (Å²) < 4.78 is 11.8. The van der Waals surface area contributed by atoms with E-state index in [0.29, 0.717) is 5.92 Å². The molecule has 4 aromatic rings. The first-order valence-corrected chi connectivity index (χ1v) is 11.8. The number of furan rings is 2. The van der Waals surface area contributed by atoms with Crippen LogP contribution < -0.4 is 5.32 Å². The van der Waals surface area contributed by atoms with Gasteiger partial charge in [-0.25, -0.2) is 0 Å². The van der Waals surface area contributed by atoms with Gasteiger partial charge in [0.2, 0.25) is 0 Å². The number of hydrogen-bond donors (Lipinski definition) is 1. The maximum atomic E-state index is 13.0. The third kappa shape index (κ3) is 4.33. The van der Waals surface area contributed by atoms with Crippen LogP contribution in [0.2, 0.25) is 0 Å². The van der Waals surface area contributed by atoms with Crippen molar-refractivity contribution in [2.75, 3.05) is 18.4 Å². The number of para-hydroxylation sites is 1. The van der Waals surface area contributed by atoms with Crippen molar-refractivity contribution in [3.63, 3.8) is 0 Å². The van der Waals surface area contributed by atoms with Gasteiger partial charge in [0.1, 0.15) is 11.3 Å². The summed E-state index contributed by atoms with van der Waals surface area (Å²) in [6.45, 7) is 6.41. The first-order chi connectivity index (χ1) is 16.1. The Bertz CT molecular complexity index is 1220. The van der Waals surface area contributed by atoms with Gasteiger partial charge < -0.3 is 14.2 Å². The molecule has 0 spiro atoms. The Morgan fingerprint density at radius 3 is 2.33 bits per heavy atom. The van der Waals surface area contributed by atoms with E-state index in [1.807, 2.05) is 24.3 Å². The van der Waals surface area contributed by atoms with Gasteiger partial charge >= 0.3 is 0 Å². The van der Waals surface area contributed by atoms with Crippen LogP contribution in [0.3, 0.4) is 0 Å². The number of carbonyl (C=O) groups is 1. The fourth-order valence-corrected chi connectivity index (χ4v) is 4.74. The van der Waals surface area contributed by atoms with E-state index in [0.717, 1.165) is 48.3 Å². The number of rotatable bonds is 6. The number of hydrogen-bond acceptors (Lipinski definition) is 4. The van der Waals surface area contributed by atoms with Crippen LogP contribution in [0.25, 0.3) is 11.0 Å². The van der Waals surface area contributed by atoms with Gasteiger partial charge in [-0.05, 0) is 67.2 Å². The van der Waals surface area contributed by atoms with Crippen LogP contribution in [-0.2, 0) is 0 Å². The lowest BCUT2D eigenvalue weighted by Crippen LogP contribution is -2.34. The van der Waals surface area contributed by atoms with E-state index in [-0.39, 0.29) is 17.7 Å². The van der Waals surface area contributed by atoms with Gasteiger partial charge in [-0.1, -0.05) is 56.7 Å². The molecule has 0 saturated carbocycles. The second kappa shape index (κ2) is 9.28. The Morgan fingerprint density at radius 1 is 0.909 bits per heavy atom. The van der Waals surface area contributed by atoms with Crippen LogP contribution in [0.1, 0.15) is 72.5 Å². The van der Waals surface area contributed by atoms with Crippen LogP contribution in [0.4, 0.5) is 5.69 Å². The summed E-state index contributed by atoms with van der Waals surface area (Å²) in [6.07, 6.45) is 5.08. The molecule has 1 saturated heterocycles. The zero-order chi connectivity index (χ0) is 22.8. The van der Waals surface area contributed by atoms with Crippen LogP contribution in [0.15, 0.2) is 75.8 Å². The van der Waals surface area contributed by atoms with Gasteiger partial charge in [-0.15, -0.1) is 0 Å². The highest BCUT2D eigenvalue weighted by Crippen LogP contribution is 2.41. The summed E-state index contributed by atoms with van der Waals surface area (Å²) in [6, 6.07) is 20.0. The molecule has 5 heteroatoms. The summed E-state index contributed by atoms with van der Waals surface area (Å²) in [5, 5.41) is 4.00. The molecule has 5 nitrogen and oxygen atoms in total. The molecule has 1 amide bonds. The predicted molar refractivity (Wildman–Crippen MR) is 131 cm³/mol. The van der Waals surface area contributed by atoms with Crippen molar-refractivity contribution in [3.05, 3.63) is 89.6 Å². The molecule has 1 aliphatic rings. The molecule has 33 heavy (non-hydrogen) atoms. The number of amides is 1. The number of likely N-dealkylation sites (tertiary alicyclic amines) is 1. The molecule has 2 aromatic heterocycles. The van der Waals surface area contributed by atoms with Gasteiger partial charge in [-0.3, -0.25) is 9.69 Å². The molecule has 5 rings (SSSR count). The molecule has 1 aliphatic heterocycles. The van der Waals surface area contributed by atoms with Gasteiger partial charge in [0, 0.05) is 5.39 Å². The summed E-state index contributed by atoms with van der Waals surface area (Å²) in [7, 11) is 0. The van der Waals surface area contributed by atoms with E-state index < -0.39 is 0 Å². The van der Waals surface area contributed by atoms with Gasteiger partial charge in [-0.2, -0.15) is 0 Å². The Morgan fingerprint density at radius 2 is 1.64 bits per heavy atom. The van der Waals surface area contributed by atoms with Gasteiger partial charge in [0.15, 0.2) is 5.76 Å². The van der Waals surface area contributed by atoms with Gasteiger partial charge in [0.05, 0.1) is 18.0 Å².